The number of pyridine rings is 1. The molecule has 0 N–H and O–H groups in total. The molecule has 1 aromatic carbocycles. The second-order valence-corrected chi connectivity index (χ2v) is 9.96. The summed E-state index contributed by atoms with van der Waals surface area (Å²) in [6, 6.07) is 14.1. The number of rotatable bonds is 2. The zero-order chi connectivity index (χ0) is 21.2. The molecule has 2 heterocycles. The molecule has 0 unspecified atom stereocenters. The van der Waals surface area contributed by atoms with E-state index in [1.54, 1.807) is 0 Å². The van der Waals surface area contributed by atoms with E-state index in [4.69, 9.17) is 4.98 Å². The van der Waals surface area contributed by atoms with Crippen LogP contribution in [-0.2, 0) is 30.9 Å². The van der Waals surface area contributed by atoms with Gasteiger partial charge in [-0.15, -0.1) is 34.9 Å². The Labute approximate surface area is 194 Å². The molecule has 0 fully saturated rings. The molecular weight excluding hydrogens is 547 g/mol. The van der Waals surface area contributed by atoms with Gasteiger partial charge in [-0.2, -0.15) is 0 Å². The summed E-state index contributed by atoms with van der Waals surface area (Å²) < 4.78 is 0. The van der Waals surface area contributed by atoms with Crippen molar-refractivity contribution in [3.63, 3.8) is 0 Å². The van der Waals surface area contributed by atoms with Crippen molar-refractivity contribution in [2.24, 2.45) is 5.41 Å². The van der Waals surface area contributed by atoms with Gasteiger partial charge in [0.05, 0.1) is 0 Å². The molecule has 1 aliphatic carbocycles. The Morgan fingerprint density at radius 3 is 1.97 bits per heavy atom. The molecule has 0 saturated heterocycles. The topological polar surface area (TPSA) is 38.7 Å². The quantitative estimate of drug-likeness (QED) is 0.340. The fourth-order valence-electron chi connectivity index (χ4n) is 4.67. The van der Waals surface area contributed by atoms with Crippen LogP contribution in [0, 0.1) is 25.3 Å². The van der Waals surface area contributed by atoms with Crippen LogP contribution < -0.4 is 0 Å². The monoisotopic (exact) mass is 577 g/mol. The molecule has 30 heavy (non-hydrogen) atoms. The van der Waals surface area contributed by atoms with Crippen LogP contribution in [0.2, 0.25) is 0 Å². The maximum atomic E-state index is 4.72. The molecule has 0 saturated carbocycles. The maximum absolute atomic E-state index is 4.72. The third-order valence-corrected chi connectivity index (χ3v) is 7.70. The van der Waals surface area contributed by atoms with Gasteiger partial charge in [-0.05, 0) is 41.9 Å². The predicted octanol–water partition coefficient (Wildman–Crippen LogP) is 6.22. The maximum Gasteiger partial charge on any atom is 0.161 e. The third kappa shape index (κ3) is 3.25. The van der Waals surface area contributed by atoms with Gasteiger partial charge in [0.2, 0.25) is 0 Å². The van der Waals surface area contributed by atoms with E-state index in [-0.39, 0.29) is 36.4 Å². The number of aryl methyl sites for hydroxylation is 2. The van der Waals surface area contributed by atoms with E-state index in [0.717, 1.165) is 34.0 Å². The first-order chi connectivity index (χ1) is 13.4. The van der Waals surface area contributed by atoms with Gasteiger partial charge in [-0.1, -0.05) is 53.7 Å². The number of hydrogen-bond acceptors (Lipinski definition) is 3. The van der Waals surface area contributed by atoms with Crippen molar-refractivity contribution in [3.8, 4) is 22.6 Å². The standard InChI is InChI=1S/C26H30N3.Ir/c1-16-13-17(2)29-23(28-16)19-10-12-22(27-15-19)18-9-11-20-21(14-18)25(5,6)26(7,8)24(20,3)4;/h10-15H,1-8H3;/q-1;. The molecular formula is C26H30IrN3-. The minimum absolute atomic E-state index is 0. The van der Waals surface area contributed by atoms with E-state index >= 15 is 0 Å². The van der Waals surface area contributed by atoms with Gasteiger partial charge in [0.25, 0.3) is 0 Å². The van der Waals surface area contributed by atoms with E-state index in [9.17, 15) is 0 Å². The Morgan fingerprint density at radius 2 is 1.40 bits per heavy atom. The Hall–Kier alpha value is -1.90. The van der Waals surface area contributed by atoms with Gasteiger partial charge in [0.15, 0.2) is 5.82 Å². The zero-order valence-electron chi connectivity index (χ0n) is 19.1. The van der Waals surface area contributed by atoms with E-state index in [1.165, 1.54) is 11.1 Å². The van der Waals surface area contributed by atoms with Crippen LogP contribution >= 0.6 is 0 Å². The zero-order valence-corrected chi connectivity index (χ0v) is 21.5. The largest absolute Gasteiger partial charge is 0.304 e. The fraction of sp³-hybridized carbons (Fsp3) is 0.423. The Bertz CT molecular complexity index is 1080. The molecule has 0 atom stereocenters. The van der Waals surface area contributed by atoms with Gasteiger partial charge in [-0.3, -0.25) is 0 Å². The predicted molar refractivity (Wildman–Crippen MR) is 119 cm³/mol. The van der Waals surface area contributed by atoms with Crippen LogP contribution in [0.4, 0.5) is 0 Å². The molecule has 3 nitrogen and oxygen atoms in total. The smallest absolute Gasteiger partial charge is 0.161 e. The van der Waals surface area contributed by atoms with Gasteiger partial charge >= 0.3 is 0 Å². The average molecular weight is 577 g/mol. The van der Waals surface area contributed by atoms with Crippen molar-refractivity contribution in [1.82, 2.24) is 15.0 Å². The molecule has 1 aliphatic rings. The van der Waals surface area contributed by atoms with Gasteiger partial charge in [0, 0.05) is 43.3 Å². The minimum atomic E-state index is 0. The first-order valence-electron chi connectivity index (χ1n) is 10.3. The van der Waals surface area contributed by atoms with Crippen molar-refractivity contribution >= 4 is 0 Å². The summed E-state index contributed by atoms with van der Waals surface area (Å²) in [5, 5.41) is 0. The van der Waals surface area contributed by atoms with Crippen molar-refractivity contribution < 1.29 is 20.1 Å². The van der Waals surface area contributed by atoms with E-state index in [0.29, 0.717) is 0 Å². The van der Waals surface area contributed by atoms with Crippen molar-refractivity contribution in [2.75, 3.05) is 0 Å². The molecule has 2 aromatic heterocycles. The molecule has 0 amide bonds. The molecule has 0 spiro atoms. The van der Waals surface area contributed by atoms with E-state index < -0.39 is 0 Å². The van der Waals surface area contributed by atoms with Crippen LogP contribution in [0.25, 0.3) is 22.6 Å². The summed E-state index contributed by atoms with van der Waals surface area (Å²) in [5.41, 5.74) is 7.96. The Morgan fingerprint density at radius 1 is 0.800 bits per heavy atom. The summed E-state index contributed by atoms with van der Waals surface area (Å²) in [4.78, 5) is 13.8. The molecule has 0 aliphatic heterocycles. The SMILES string of the molecule is Cc1cc(C)nc(-c2ccc(-c3[c-]cc4c(c3)C(C)(C)C(C)(C)C4(C)C)nc2)n1.[Ir]. The molecule has 4 rings (SSSR count). The molecule has 0 bridgehead atoms. The molecule has 3 aromatic rings. The number of hydrogen-bond donors (Lipinski definition) is 0. The van der Waals surface area contributed by atoms with E-state index in [2.05, 4.69) is 75.8 Å². The number of benzene rings is 1. The van der Waals surface area contributed by atoms with Crippen molar-refractivity contribution in [2.45, 2.75) is 66.2 Å². The number of fused-ring (bicyclic) bond motifs is 1. The average Bonchev–Trinajstić information content (AvgIpc) is 2.76. The van der Waals surface area contributed by atoms with Crippen LogP contribution in [-0.4, -0.2) is 15.0 Å². The summed E-state index contributed by atoms with van der Waals surface area (Å²) in [5.74, 6) is 0.726. The normalized spacial score (nSPS) is 17.9. The third-order valence-electron chi connectivity index (χ3n) is 7.70. The molecule has 1 radical (unpaired) electrons. The Kier molecular flexibility index (Phi) is 5.58. The van der Waals surface area contributed by atoms with Crippen LogP contribution in [0.1, 0.15) is 64.1 Å². The number of aromatic nitrogens is 3. The first-order valence-corrected chi connectivity index (χ1v) is 10.3. The molecule has 4 heteroatoms. The second kappa shape index (κ2) is 7.35. The summed E-state index contributed by atoms with van der Waals surface area (Å²) in [7, 11) is 0. The van der Waals surface area contributed by atoms with Crippen molar-refractivity contribution in [3.05, 3.63) is 65.1 Å². The summed E-state index contributed by atoms with van der Waals surface area (Å²) in [6.45, 7) is 18.2. The Balaban J connectivity index is 0.00000256. The summed E-state index contributed by atoms with van der Waals surface area (Å²) in [6.07, 6.45) is 1.86. The number of nitrogens with zero attached hydrogens (tertiary/aromatic N) is 3. The molecule has 159 valence electrons. The van der Waals surface area contributed by atoms with Gasteiger partial charge in [-0.25, -0.2) is 9.97 Å². The first kappa shape index (κ1) is 22.8. The fourth-order valence-corrected chi connectivity index (χ4v) is 4.67. The summed E-state index contributed by atoms with van der Waals surface area (Å²) >= 11 is 0. The van der Waals surface area contributed by atoms with Gasteiger partial charge < -0.3 is 4.98 Å². The van der Waals surface area contributed by atoms with Crippen LogP contribution in [0.3, 0.4) is 0 Å². The minimum Gasteiger partial charge on any atom is -0.304 e. The van der Waals surface area contributed by atoms with Crippen LogP contribution in [0.5, 0.6) is 0 Å². The van der Waals surface area contributed by atoms with E-state index in [1.807, 2.05) is 32.2 Å². The second-order valence-electron chi connectivity index (χ2n) is 9.96. The van der Waals surface area contributed by atoms with Gasteiger partial charge in [0.1, 0.15) is 0 Å². The van der Waals surface area contributed by atoms with Crippen LogP contribution in [0.15, 0.2) is 36.5 Å². The van der Waals surface area contributed by atoms with Crippen molar-refractivity contribution in [1.29, 1.82) is 0 Å².